The van der Waals surface area contributed by atoms with Gasteiger partial charge in [0, 0.05) is 13.0 Å². The van der Waals surface area contributed by atoms with E-state index in [1.165, 1.54) is 18.2 Å². The number of carboxylic acid groups (broad SMARTS) is 1. The molecule has 3 unspecified atom stereocenters. The molecule has 11 heteroatoms. The van der Waals surface area contributed by atoms with E-state index >= 15 is 0 Å². The first-order chi connectivity index (χ1) is 14.8. The predicted octanol–water partition coefficient (Wildman–Crippen LogP) is -0.696. The lowest BCUT2D eigenvalue weighted by Gasteiger charge is -2.27. The van der Waals surface area contributed by atoms with Gasteiger partial charge in [0.25, 0.3) is 17.7 Å². The Morgan fingerprint density at radius 1 is 1.19 bits per heavy atom. The van der Waals surface area contributed by atoms with Crippen LogP contribution in [0.3, 0.4) is 0 Å². The smallest absolute Gasteiger partial charge is 0.306 e. The van der Waals surface area contributed by atoms with Crippen LogP contribution in [0.15, 0.2) is 18.2 Å². The number of ether oxygens (including phenoxy) is 1. The summed E-state index contributed by atoms with van der Waals surface area (Å²) >= 11 is 0. The van der Waals surface area contributed by atoms with Gasteiger partial charge in [-0.05, 0) is 30.9 Å². The number of nitrogens with one attached hydrogen (secondary N) is 2. The second kappa shape index (κ2) is 7.82. The zero-order valence-corrected chi connectivity index (χ0v) is 16.3. The zero-order valence-electron chi connectivity index (χ0n) is 16.3. The molecule has 1 saturated heterocycles. The maximum absolute atomic E-state index is 12.9. The van der Waals surface area contributed by atoms with Crippen LogP contribution < -0.4 is 15.4 Å². The van der Waals surface area contributed by atoms with Gasteiger partial charge in [0.15, 0.2) is 6.61 Å². The number of hydrogen-bond donors (Lipinski definition) is 3. The Morgan fingerprint density at radius 3 is 2.65 bits per heavy atom. The number of carbonyl (C=O) groups is 6. The summed E-state index contributed by atoms with van der Waals surface area (Å²) in [6, 6.07) is 3.26. The van der Waals surface area contributed by atoms with Gasteiger partial charge in [-0.3, -0.25) is 39.0 Å². The van der Waals surface area contributed by atoms with Gasteiger partial charge in [-0.25, -0.2) is 0 Å². The number of benzene rings is 1. The highest BCUT2D eigenvalue weighted by Crippen LogP contribution is 2.38. The minimum Gasteiger partial charge on any atom is -0.483 e. The summed E-state index contributed by atoms with van der Waals surface area (Å²) in [7, 11) is 0. The van der Waals surface area contributed by atoms with Crippen LogP contribution in [-0.2, 0) is 19.2 Å². The van der Waals surface area contributed by atoms with E-state index < -0.39 is 54.1 Å². The van der Waals surface area contributed by atoms with E-state index in [1.807, 2.05) is 0 Å². The fourth-order valence-electron chi connectivity index (χ4n) is 3.82. The van der Waals surface area contributed by atoms with Crippen LogP contribution in [0, 0.1) is 11.8 Å². The Balaban J connectivity index is 1.41. The molecule has 3 atom stereocenters. The van der Waals surface area contributed by atoms with E-state index in [0.29, 0.717) is 6.42 Å². The maximum atomic E-state index is 12.9. The molecule has 3 aliphatic rings. The standard InChI is InChI=1S/C20H19N3O8/c24-14-5-4-12(17(26)22-14)23-18(27)10-2-1-3-13(16(10)19(23)28)31-8-15(25)21-7-9-6-11(9)20(29)30/h1-3,9,11-12H,4-8H2,(H,21,25)(H,29,30)(H,22,24,26). The second-order valence-corrected chi connectivity index (χ2v) is 7.66. The summed E-state index contributed by atoms with van der Waals surface area (Å²) in [5, 5.41) is 13.6. The van der Waals surface area contributed by atoms with Crippen molar-refractivity contribution in [1.82, 2.24) is 15.5 Å². The third-order valence-corrected chi connectivity index (χ3v) is 5.59. The quantitative estimate of drug-likeness (QED) is 0.480. The number of piperidine rings is 1. The first-order valence-electron chi connectivity index (χ1n) is 9.74. The Hall–Kier alpha value is -3.76. The maximum Gasteiger partial charge on any atom is 0.306 e. The van der Waals surface area contributed by atoms with Crippen LogP contribution in [-0.4, -0.2) is 64.7 Å². The molecule has 11 nitrogen and oxygen atoms in total. The fourth-order valence-corrected chi connectivity index (χ4v) is 3.82. The van der Waals surface area contributed by atoms with E-state index in [1.54, 1.807) is 0 Å². The molecule has 4 rings (SSSR count). The van der Waals surface area contributed by atoms with Gasteiger partial charge in [0.1, 0.15) is 11.8 Å². The average molecular weight is 429 g/mol. The lowest BCUT2D eigenvalue weighted by Crippen LogP contribution is -2.54. The summed E-state index contributed by atoms with van der Waals surface area (Å²) in [5.41, 5.74) is 0.00743. The monoisotopic (exact) mass is 429 g/mol. The van der Waals surface area contributed by atoms with E-state index in [4.69, 9.17) is 9.84 Å². The summed E-state index contributed by atoms with van der Waals surface area (Å²) in [6.07, 6.45) is 0.555. The largest absolute Gasteiger partial charge is 0.483 e. The van der Waals surface area contributed by atoms with Gasteiger partial charge in [-0.1, -0.05) is 6.07 Å². The molecule has 0 spiro atoms. The molecule has 1 aromatic carbocycles. The number of hydrogen-bond acceptors (Lipinski definition) is 7. The number of nitrogens with zero attached hydrogens (tertiary/aromatic N) is 1. The van der Waals surface area contributed by atoms with E-state index in [-0.39, 0.29) is 42.2 Å². The lowest BCUT2D eigenvalue weighted by atomic mass is 10.0. The van der Waals surface area contributed by atoms with Crippen LogP contribution in [0.25, 0.3) is 0 Å². The van der Waals surface area contributed by atoms with Crippen LogP contribution in [0.1, 0.15) is 40.0 Å². The van der Waals surface area contributed by atoms with Gasteiger partial charge in [0.05, 0.1) is 17.0 Å². The van der Waals surface area contributed by atoms with Crippen molar-refractivity contribution < 1.29 is 38.6 Å². The molecule has 1 aromatic rings. The second-order valence-electron chi connectivity index (χ2n) is 7.66. The molecule has 1 aliphatic carbocycles. The molecule has 5 amide bonds. The Kier molecular flexibility index (Phi) is 5.17. The van der Waals surface area contributed by atoms with Crippen molar-refractivity contribution in [2.75, 3.05) is 13.2 Å². The average Bonchev–Trinajstić information content (AvgIpc) is 3.47. The molecule has 0 bridgehead atoms. The summed E-state index contributed by atoms with van der Waals surface area (Å²) in [4.78, 5) is 72.8. The van der Waals surface area contributed by atoms with Gasteiger partial charge in [-0.15, -0.1) is 0 Å². The molecule has 0 aromatic heterocycles. The van der Waals surface area contributed by atoms with Crippen molar-refractivity contribution >= 4 is 35.5 Å². The van der Waals surface area contributed by atoms with Crippen LogP contribution >= 0.6 is 0 Å². The summed E-state index contributed by atoms with van der Waals surface area (Å²) < 4.78 is 5.45. The number of imide groups is 2. The highest BCUT2D eigenvalue weighted by molar-refractivity contribution is 6.24. The topological polar surface area (TPSA) is 159 Å². The normalized spacial score (nSPS) is 24.5. The Labute approximate surface area is 175 Å². The van der Waals surface area contributed by atoms with Crippen LogP contribution in [0.2, 0.25) is 0 Å². The molecule has 3 N–H and O–H groups in total. The fraction of sp³-hybridized carbons (Fsp3) is 0.400. The molecule has 2 heterocycles. The van der Waals surface area contributed by atoms with Gasteiger partial charge in [0.2, 0.25) is 11.8 Å². The van der Waals surface area contributed by atoms with Crippen molar-refractivity contribution in [2.45, 2.75) is 25.3 Å². The minimum absolute atomic E-state index is 0.0110. The van der Waals surface area contributed by atoms with Crippen LogP contribution in [0.5, 0.6) is 5.75 Å². The third-order valence-electron chi connectivity index (χ3n) is 5.59. The molecule has 162 valence electrons. The van der Waals surface area contributed by atoms with E-state index in [9.17, 15) is 28.8 Å². The molecular weight excluding hydrogens is 410 g/mol. The van der Waals surface area contributed by atoms with Crippen molar-refractivity contribution in [2.24, 2.45) is 11.8 Å². The first kappa shape index (κ1) is 20.5. The molecule has 1 saturated carbocycles. The Morgan fingerprint density at radius 2 is 1.97 bits per heavy atom. The highest BCUT2D eigenvalue weighted by atomic mass is 16.5. The summed E-state index contributed by atoms with van der Waals surface area (Å²) in [5.74, 6) is -4.49. The number of carbonyl (C=O) groups excluding carboxylic acids is 5. The lowest BCUT2D eigenvalue weighted by molar-refractivity contribution is -0.139. The van der Waals surface area contributed by atoms with Crippen molar-refractivity contribution in [3.05, 3.63) is 29.3 Å². The summed E-state index contributed by atoms with van der Waals surface area (Å²) in [6.45, 7) is -0.215. The minimum atomic E-state index is -1.10. The van der Waals surface area contributed by atoms with Crippen LogP contribution in [0.4, 0.5) is 0 Å². The van der Waals surface area contributed by atoms with E-state index in [0.717, 1.165) is 4.90 Å². The van der Waals surface area contributed by atoms with Gasteiger partial charge in [-0.2, -0.15) is 0 Å². The van der Waals surface area contributed by atoms with Gasteiger partial charge >= 0.3 is 5.97 Å². The number of aliphatic carboxylic acids is 1. The first-order valence-corrected chi connectivity index (χ1v) is 9.74. The van der Waals surface area contributed by atoms with Gasteiger partial charge < -0.3 is 15.2 Å². The number of carboxylic acids is 1. The third kappa shape index (κ3) is 3.86. The molecule has 2 aliphatic heterocycles. The number of fused-ring (bicyclic) bond motifs is 1. The van der Waals surface area contributed by atoms with E-state index in [2.05, 4.69) is 10.6 Å². The molecular formula is C20H19N3O8. The number of rotatable bonds is 7. The van der Waals surface area contributed by atoms with Crippen molar-refractivity contribution in [3.8, 4) is 5.75 Å². The van der Waals surface area contributed by atoms with Crippen molar-refractivity contribution in [1.29, 1.82) is 0 Å². The zero-order chi connectivity index (χ0) is 22.3. The molecule has 2 fully saturated rings. The predicted molar refractivity (Wildman–Crippen MR) is 101 cm³/mol. The Bertz CT molecular complexity index is 1020. The van der Waals surface area contributed by atoms with Crippen molar-refractivity contribution in [3.63, 3.8) is 0 Å². The molecule has 0 radical (unpaired) electrons. The molecule has 31 heavy (non-hydrogen) atoms. The SMILES string of the molecule is O=C(COc1cccc2c1C(=O)N(C1CCC(=O)NC1=O)C2=O)NCC1CC1C(=O)O. The highest BCUT2D eigenvalue weighted by Gasteiger charge is 2.46. The number of amides is 5.